The molecule has 3 rings (SSSR count). The fraction of sp³-hybridized carbons (Fsp3) is 0.316. The summed E-state index contributed by atoms with van der Waals surface area (Å²) in [5.41, 5.74) is 0.823. The molecule has 4 nitrogen and oxygen atoms in total. The zero-order chi connectivity index (χ0) is 16.8. The molecule has 1 fully saturated rings. The number of benzene rings is 2. The number of halogens is 2. The number of carbonyl (C=O) groups excluding carboxylic acids is 1. The Kier molecular flexibility index (Phi) is 7.56. The molecule has 1 amide bonds. The van der Waals surface area contributed by atoms with Crippen molar-refractivity contribution in [3.63, 3.8) is 0 Å². The second kappa shape index (κ2) is 9.66. The summed E-state index contributed by atoms with van der Waals surface area (Å²) in [6, 6.07) is 16.9. The van der Waals surface area contributed by atoms with E-state index in [4.69, 9.17) is 16.3 Å². The minimum atomic E-state index is -0.686. The summed E-state index contributed by atoms with van der Waals surface area (Å²) in [5, 5.41) is 7.01. The summed E-state index contributed by atoms with van der Waals surface area (Å²) in [7, 11) is 0. The van der Waals surface area contributed by atoms with Crippen LogP contribution in [-0.4, -0.2) is 25.0 Å². The molecule has 25 heavy (non-hydrogen) atoms. The molecule has 0 saturated carbocycles. The van der Waals surface area contributed by atoms with E-state index in [1.807, 2.05) is 30.3 Å². The molecule has 134 valence electrons. The van der Waals surface area contributed by atoms with Gasteiger partial charge in [-0.15, -0.1) is 12.4 Å². The number of nitrogens with one attached hydrogen (secondary N) is 2. The van der Waals surface area contributed by atoms with Crippen molar-refractivity contribution in [1.82, 2.24) is 10.6 Å². The smallest absolute Gasteiger partial charge is 0.265 e. The van der Waals surface area contributed by atoms with E-state index in [1.54, 1.807) is 24.3 Å². The SMILES string of the molecule is Cl.O=C(NCC1CCCN1)C(Oc1ccc(Cl)cc1)c1ccccc1. The summed E-state index contributed by atoms with van der Waals surface area (Å²) >= 11 is 5.91. The molecule has 0 aromatic heterocycles. The Labute approximate surface area is 159 Å². The Morgan fingerprint density at radius 2 is 1.92 bits per heavy atom. The molecule has 0 bridgehead atoms. The van der Waals surface area contributed by atoms with Crippen LogP contribution >= 0.6 is 24.0 Å². The van der Waals surface area contributed by atoms with E-state index < -0.39 is 6.10 Å². The zero-order valence-corrected chi connectivity index (χ0v) is 15.4. The summed E-state index contributed by atoms with van der Waals surface area (Å²) in [5.74, 6) is 0.479. The number of rotatable bonds is 6. The molecule has 6 heteroatoms. The average molecular weight is 381 g/mol. The highest BCUT2D eigenvalue weighted by molar-refractivity contribution is 6.30. The number of hydrogen-bond acceptors (Lipinski definition) is 3. The van der Waals surface area contributed by atoms with Crippen LogP contribution in [0.15, 0.2) is 54.6 Å². The van der Waals surface area contributed by atoms with Crippen LogP contribution in [0.25, 0.3) is 0 Å². The molecule has 1 aliphatic rings. The number of carbonyl (C=O) groups is 1. The summed E-state index contributed by atoms with van der Waals surface area (Å²) < 4.78 is 5.94. The van der Waals surface area contributed by atoms with E-state index in [9.17, 15) is 4.79 Å². The lowest BCUT2D eigenvalue weighted by atomic mass is 10.1. The van der Waals surface area contributed by atoms with Gasteiger partial charge in [-0.3, -0.25) is 4.79 Å². The monoisotopic (exact) mass is 380 g/mol. The highest BCUT2D eigenvalue weighted by atomic mass is 35.5. The van der Waals surface area contributed by atoms with Crippen molar-refractivity contribution in [3.05, 3.63) is 65.2 Å². The minimum absolute atomic E-state index is 0. The topological polar surface area (TPSA) is 50.4 Å². The second-order valence-corrected chi connectivity index (χ2v) is 6.34. The summed E-state index contributed by atoms with van der Waals surface area (Å²) in [6.07, 6.45) is 1.56. The first-order chi connectivity index (χ1) is 11.7. The van der Waals surface area contributed by atoms with Gasteiger partial charge in [0.2, 0.25) is 6.10 Å². The Balaban J connectivity index is 0.00000225. The largest absolute Gasteiger partial charge is 0.476 e. The first-order valence-corrected chi connectivity index (χ1v) is 8.58. The predicted octanol–water partition coefficient (Wildman–Crippen LogP) is 3.75. The lowest BCUT2D eigenvalue weighted by Gasteiger charge is -2.20. The molecule has 0 spiro atoms. The molecule has 1 heterocycles. The first kappa shape index (κ1) is 19.6. The van der Waals surface area contributed by atoms with E-state index in [1.165, 1.54) is 0 Å². The fourth-order valence-electron chi connectivity index (χ4n) is 2.80. The Morgan fingerprint density at radius 3 is 2.56 bits per heavy atom. The molecule has 2 atom stereocenters. The van der Waals surface area contributed by atoms with Gasteiger partial charge in [0.05, 0.1) is 0 Å². The third kappa shape index (κ3) is 5.63. The molecule has 0 aliphatic carbocycles. The predicted molar refractivity (Wildman–Crippen MR) is 103 cm³/mol. The lowest BCUT2D eigenvalue weighted by molar-refractivity contribution is -0.128. The summed E-state index contributed by atoms with van der Waals surface area (Å²) in [6.45, 7) is 1.63. The maximum atomic E-state index is 12.7. The maximum absolute atomic E-state index is 12.7. The minimum Gasteiger partial charge on any atom is -0.476 e. The van der Waals surface area contributed by atoms with Crippen molar-refractivity contribution in [1.29, 1.82) is 0 Å². The highest BCUT2D eigenvalue weighted by Crippen LogP contribution is 2.24. The fourth-order valence-corrected chi connectivity index (χ4v) is 2.92. The first-order valence-electron chi connectivity index (χ1n) is 8.20. The number of amides is 1. The molecule has 1 aliphatic heterocycles. The van der Waals surface area contributed by atoms with Crippen LogP contribution in [0.1, 0.15) is 24.5 Å². The van der Waals surface area contributed by atoms with Crippen molar-refractivity contribution in [2.75, 3.05) is 13.1 Å². The zero-order valence-electron chi connectivity index (χ0n) is 13.8. The van der Waals surface area contributed by atoms with Crippen molar-refractivity contribution >= 4 is 29.9 Å². The van der Waals surface area contributed by atoms with Gasteiger partial charge in [-0.05, 0) is 43.7 Å². The highest BCUT2D eigenvalue weighted by Gasteiger charge is 2.24. The van der Waals surface area contributed by atoms with Crippen molar-refractivity contribution < 1.29 is 9.53 Å². The van der Waals surface area contributed by atoms with Crippen LogP contribution in [0.3, 0.4) is 0 Å². The van der Waals surface area contributed by atoms with Crippen molar-refractivity contribution in [2.24, 2.45) is 0 Å². The van der Waals surface area contributed by atoms with Gasteiger partial charge in [0, 0.05) is 23.2 Å². The van der Waals surface area contributed by atoms with Gasteiger partial charge in [0.15, 0.2) is 0 Å². The van der Waals surface area contributed by atoms with Crippen LogP contribution in [0.5, 0.6) is 5.75 Å². The number of hydrogen-bond donors (Lipinski definition) is 2. The Morgan fingerprint density at radius 1 is 1.20 bits per heavy atom. The van der Waals surface area contributed by atoms with Crippen LogP contribution in [0.4, 0.5) is 0 Å². The standard InChI is InChI=1S/C19H21ClN2O2.ClH/c20-15-8-10-17(11-9-15)24-18(14-5-2-1-3-6-14)19(23)22-13-16-7-4-12-21-16;/h1-3,5-6,8-11,16,18,21H,4,7,12-13H2,(H,22,23);1H. The average Bonchev–Trinajstić information content (AvgIpc) is 3.13. The lowest BCUT2D eigenvalue weighted by Crippen LogP contribution is -2.40. The molecule has 2 aromatic carbocycles. The second-order valence-electron chi connectivity index (χ2n) is 5.90. The van der Waals surface area contributed by atoms with E-state index in [0.29, 0.717) is 23.4 Å². The van der Waals surface area contributed by atoms with Crippen LogP contribution in [-0.2, 0) is 4.79 Å². The van der Waals surface area contributed by atoms with Crippen LogP contribution < -0.4 is 15.4 Å². The van der Waals surface area contributed by atoms with Crippen LogP contribution in [0.2, 0.25) is 5.02 Å². The Hall–Kier alpha value is -1.75. The van der Waals surface area contributed by atoms with Gasteiger partial charge < -0.3 is 15.4 Å². The quantitative estimate of drug-likeness (QED) is 0.801. The molecule has 2 aromatic rings. The maximum Gasteiger partial charge on any atom is 0.265 e. The molecule has 1 saturated heterocycles. The van der Waals surface area contributed by atoms with Gasteiger partial charge in [0.1, 0.15) is 5.75 Å². The normalized spacial score (nSPS) is 17.4. The molecular formula is C19H22Cl2N2O2. The molecule has 0 radical (unpaired) electrons. The van der Waals surface area contributed by atoms with Gasteiger partial charge in [-0.25, -0.2) is 0 Å². The van der Waals surface area contributed by atoms with E-state index in [-0.39, 0.29) is 18.3 Å². The molecular weight excluding hydrogens is 359 g/mol. The Bertz CT molecular complexity index is 659. The van der Waals surface area contributed by atoms with E-state index >= 15 is 0 Å². The third-order valence-electron chi connectivity index (χ3n) is 4.09. The number of ether oxygens (including phenoxy) is 1. The molecule has 2 N–H and O–H groups in total. The van der Waals surface area contributed by atoms with Crippen LogP contribution in [0, 0.1) is 0 Å². The van der Waals surface area contributed by atoms with Crippen molar-refractivity contribution in [2.45, 2.75) is 25.0 Å². The van der Waals surface area contributed by atoms with E-state index in [0.717, 1.165) is 24.9 Å². The van der Waals surface area contributed by atoms with Gasteiger partial charge in [-0.2, -0.15) is 0 Å². The van der Waals surface area contributed by atoms with Crippen molar-refractivity contribution in [3.8, 4) is 5.75 Å². The third-order valence-corrected chi connectivity index (χ3v) is 4.35. The summed E-state index contributed by atoms with van der Waals surface area (Å²) in [4.78, 5) is 12.7. The van der Waals surface area contributed by atoms with Gasteiger partial charge >= 0.3 is 0 Å². The van der Waals surface area contributed by atoms with Gasteiger partial charge in [-0.1, -0.05) is 41.9 Å². The van der Waals surface area contributed by atoms with Gasteiger partial charge in [0.25, 0.3) is 5.91 Å². The molecule has 2 unspecified atom stereocenters. The van der Waals surface area contributed by atoms with E-state index in [2.05, 4.69) is 10.6 Å².